The summed E-state index contributed by atoms with van der Waals surface area (Å²) in [4.78, 5) is 26.6. The molecule has 0 bridgehead atoms. The van der Waals surface area contributed by atoms with Crippen LogP contribution in [0.5, 0.6) is 0 Å². The Kier molecular flexibility index (Phi) is 7.10. The van der Waals surface area contributed by atoms with E-state index in [4.69, 9.17) is 10.5 Å². The SMILES string of the molecule is Cc1ccc(C(=O)N(CCC#N)CCC#N)cc1NC(=O)c1ccccc1. The van der Waals surface area contributed by atoms with Crippen molar-refractivity contribution in [3.05, 3.63) is 65.2 Å². The summed E-state index contributed by atoms with van der Waals surface area (Å²) in [5, 5.41) is 20.4. The first-order chi connectivity index (χ1) is 13.1. The lowest BCUT2D eigenvalue weighted by Gasteiger charge is -2.21. The fraction of sp³-hybridized carbons (Fsp3) is 0.238. The van der Waals surface area contributed by atoms with E-state index in [0.29, 0.717) is 16.8 Å². The molecule has 0 atom stereocenters. The van der Waals surface area contributed by atoms with Crippen molar-refractivity contribution in [1.29, 1.82) is 10.5 Å². The summed E-state index contributed by atoms with van der Waals surface area (Å²) in [6.45, 7) is 2.37. The predicted octanol–water partition coefficient (Wildman–Crippen LogP) is 3.52. The molecule has 1 N–H and O–H groups in total. The number of hydrogen-bond acceptors (Lipinski definition) is 4. The molecule has 6 nitrogen and oxygen atoms in total. The molecular weight excluding hydrogens is 340 g/mol. The second-order valence-electron chi connectivity index (χ2n) is 5.96. The maximum atomic E-state index is 12.8. The van der Waals surface area contributed by atoms with Gasteiger partial charge in [0.25, 0.3) is 11.8 Å². The zero-order chi connectivity index (χ0) is 19.6. The molecule has 0 saturated heterocycles. The van der Waals surface area contributed by atoms with Crippen molar-refractivity contribution in [2.75, 3.05) is 18.4 Å². The van der Waals surface area contributed by atoms with Gasteiger partial charge in [0, 0.05) is 29.9 Å². The molecule has 0 aliphatic rings. The Labute approximate surface area is 158 Å². The predicted molar refractivity (Wildman–Crippen MR) is 102 cm³/mol. The molecule has 136 valence electrons. The third-order valence-electron chi connectivity index (χ3n) is 4.04. The van der Waals surface area contributed by atoms with E-state index < -0.39 is 0 Å². The van der Waals surface area contributed by atoms with Gasteiger partial charge in [-0.25, -0.2) is 0 Å². The lowest BCUT2D eigenvalue weighted by atomic mass is 10.1. The maximum Gasteiger partial charge on any atom is 0.255 e. The van der Waals surface area contributed by atoms with Crippen molar-refractivity contribution in [1.82, 2.24) is 4.90 Å². The fourth-order valence-corrected chi connectivity index (χ4v) is 2.54. The normalized spacial score (nSPS) is 9.74. The van der Waals surface area contributed by atoms with Crippen molar-refractivity contribution in [2.45, 2.75) is 19.8 Å². The summed E-state index contributed by atoms with van der Waals surface area (Å²) in [6.07, 6.45) is 0.390. The van der Waals surface area contributed by atoms with Crippen LogP contribution >= 0.6 is 0 Å². The van der Waals surface area contributed by atoms with Gasteiger partial charge in [-0.15, -0.1) is 0 Å². The number of carbonyl (C=O) groups is 2. The molecule has 0 aliphatic carbocycles. The average molecular weight is 360 g/mol. The van der Waals surface area contributed by atoms with Crippen molar-refractivity contribution in [3.8, 4) is 12.1 Å². The minimum atomic E-state index is -0.268. The van der Waals surface area contributed by atoms with Gasteiger partial charge < -0.3 is 10.2 Å². The quantitative estimate of drug-likeness (QED) is 0.817. The Balaban J connectivity index is 2.22. The number of benzene rings is 2. The summed E-state index contributed by atoms with van der Waals surface area (Å²) in [6, 6.07) is 17.9. The number of hydrogen-bond donors (Lipinski definition) is 1. The van der Waals surface area contributed by atoms with Crippen molar-refractivity contribution in [2.24, 2.45) is 0 Å². The lowest BCUT2D eigenvalue weighted by Crippen LogP contribution is -2.32. The number of amides is 2. The van der Waals surface area contributed by atoms with Crippen LogP contribution in [0.2, 0.25) is 0 Å². The van der Waals surface area contributed by atoms with Crippen LogP contribution in [0.4, 0.5) is 5.69 Å². The monoisotopic (exact) mass is 360 g/mol. The first-order valence-electron chi connectivity index (χ1n) is 8.57. The van der Waals surface area contributed by atoms with E-state index in [1.807, 2.05) is 25.1 Å². The molecule has 6 heteroatoms. The standard InChI is InChI=1S/C21H20N4O2/c1-16-9-10-18(21(27)25(13-5-11-22)14-6-12-23)15-19(16)24-20(26)17-7-3-2-4-8-17/h2-4,7-10,15H,5-6,13-14H2,1H3,(H,24,26). The molecule has 2 rings (SSSR count). The summed E-state index contributed by atoms with van der Waals surface area (Å²) >= 11 is 0. The number of nitrogens with zero attached hydrogens (tertiary/aromatic N) is 3. The van der Waals surface area contributed by atoms with E-state index in [1.165, 1.54) is 4.90 Å². The molecule has 27 heavy (non-hydrogen) atoms. The number of nitrogens with one attached hydrogen (secondary N) is 1. The molecule has 0 fully saturated rings. The highest BCUT2D eigenvalue weighted by Gasteiger charge is 2.17. The number of carbonyl (C=O) groups excluding carboxylic acids is 2. The zero-order valence-electron chi connectivity index (χ0n) is 15.1. The van der Waals surface area contributed by atoms with E-state index in [-0.39, 0.29) is 37.7 Å². The van der Waals surface area contributed by atoms with E-state index in [2.05, 4.69) is 5.32 Å². The van der Waals surface area contributed by atoms with Crippen LogP contribution < -0.4 is 5.32 Å². The second kappa shape index (κ2) is 9.74. The van der Waals surface area contributed by atoms with Crippen LogP contribution in [0.3, 0.4) is 0 Å². The highest BCUT2D eigenvalue weighted by atomic mass is 16.2. The minimum Gasteiger partial charge on any atom is -0.337 e. The average Bonchev–Trinajstić information content (AvgIpc) is 2.70. The molecular formula is C21H20N4O2. The number of rotatable bonds is 7. The van der Waals surface area contributed by atoms with Gasteiger partial charge >= 0.3 is 0 Å². The van der Waals surface area contributed by atoms with Crippen LogP contribution in [0.15, 0.2) is 48.5 Å². The summed E-state index contributed by atoms with van der Waals surface area (Å²) in [7, 11) is 0. The maximum absolute atomic E-state index is 12.8. The van der Waals surface area contributed by atoms with Gasteiger partial charge in [0.05, 0.1) is 25.0 Å². The molecule has 0 aromatic heterocycles. The Bertz CT molecular complexity index is 877. The Morgan fingerprint density at radius 1 is 0.963 bits per heavy atom. The molecule has 0 heterocycles. The second-order valence-corrected chi connectivity index (χ2v) is 5.96. The molecule has 0 saturated carbocycles. The Morgan fingerprint density at radius 2 is 1.59 bits per heavy atom. The van der Waals surface area contributed by atoms with Gasteiger partial charge in [0.1, 0.15) is 0 Å². The van der Waals surface area contributed by atoms with Crippen LogP contribution in [-0.2, 0) is 0 Å². The fourth-order valence-electron chi connectivity index (χ4n) is 2.54. The molecule has 0 radical (unpaired) electrons. The van der Waals surface area contributed by atoms with E-state index in [9.17, 15) is 9.59 Å². The largest absolute Gasteiger partial charge is 0.337 e. The molecule has 2 amide bonds. The van der Waals surface area contributed by atoms with Gasteiger partial charge in [-0.3, -0.25) is 9.59 Å². The van der Waals surface area contributed by atoms with E-state index in [1.54, 1.807) is 42.5 Å². The Hall–Kier alpha value is -3.64. The summed E-state index contributed by atoms with van der Waals surface area (Å²) in [5.74, 6) is -0.523. The Morgan fingerprint density at radius 3 is 2.19 bits per heavy atom. The summed E-state index contributed by atoms with van der Waals surface area (Å²) in [5.41, 5.74) is 2.31. The van der Waals surface area contributed by atoms with Gasteiger partial charge in [-0.1, -0.05) is 24.3 Å². The smallest absolute Gasteiger partial charge is 0.255 e. The van der Waals surface area contributed by atoms with E-state index in [0.717, 1.165) is 5.56 Å². The first-order valence-corrected chi connectivity index (χ1v) is 8.57. The molecule has 2 aromatic rings. The third-order valence-corrected chi connectivity index (χ3v) is 4.04. The molecule has 0 aliphatic heterocycles. The lowest BCUT2D eigenvalue weighted by molar-refractivity contribution is 0.0762. The molecule has 0 spiro atoms. The highest BCUT2D eigenvalue weighted by Crippen LogP contribution is 2.19. The van der Waals surface area contributed by atoms with Gasteiger partial charge in [0.2, 0.25) is 0 Å². The molecule has 0 unspecified atom stereocenters. The van der Waals surface area contributed by atoms with Gasteiger partial charge in [-0.2, -0.15) is 10.5 Å². The summed E-state index contributed by atoms with van der Waals surface area (Å²) < 4.78 is 0. The van der Waals surface area contributed by atoms with Gasteiger partial charge in [-0.05, 0) is 36.8 Å². The van der Waals surface area contributed by atoms with Crippen molar-refractivity contribution >= 4 is 17.5 Å². The van der Waals surface area contributed by atoms with Crippen molar-refractivity contribution in [3.63, 3.8) is 0 Å². The topological polar surface area (TPSA) is 97.0 Å². The van der Waals surface area contributed by atoms with Crippen LogP contribution in [0.25, 0.3) is 0 Å². The number of anilines is 1. The number of aryl methyl sites for hydroxylation is 1. The van der Waals surface area contributed by atoms with Crippen LogP contribution in [-0.4, -0.2) is 29.8 Å². The third kappa shape index (κ3) is 5.42. The highest BCUT2D eigenvalue weighted by molar-refractivity contribution is 6.05. The first kappa shape index (κ1) is 19.7. The number of nitriles is 2. The van der Waals surface area contributed by atoms with Crippen LogP contribution in [0, 0.1) is 29.6 Å². The minimum absolute atomic E-state index is 0.195. The molecule has 2 aromatic carbocycles. The van der Waals surface area contributed by atoms with Crippen molar-refractivity contribution < 1.29 is 9.59 Å². The van der Waals surface area contributed by atoms with E-state index >= 15 is 0 Å². The van der Waals surface area contributed by atoms with Crippen LogP contribution in [0.1, 0.15) is 39.1 Å². The zero-order valence-corrected chi connectivity index (χ0v) is 15.1. The van der Waals surface area contributed by atoms with Gasteiger partial charge in [0.15, 0.2) is 0 Å².